The Labute approximate surface area is 203 Å². The lowest BCUT2D eigenvalue weighted by molar-refractivity contribution is -0.120. The Hall–Kier alpha value is -2.95. The third-order valence-electron chi connectivity index (χ3n) is 5.53. The Morgan fingerprint density at radius 1 is 1.29 bits per heavy atom. The Bertz CT molecular complexity index is 1290. The van der Waals surface area contributed by atoms with Crippen molar-refractivity contribution in [3.05, 3.63) is 53.4 Å². The number of piperidine rings is 1. The van der Waals surface area contributed by atoms with Crippen molar-refractivity contribution in [1.29, 1.82) is 0 Å². The van der Waals surface area contributed by atoms with Crippen LogP contribution in [0.1, 0.15) is 25.7 Å². The summed E-state index contributed by atoms with van der Waals surface area (Å²) in [4.78, 5) is 17.1. The summed E-state index contributed by atoms with van der Waals surface area (Å²) in [6.07, 6.45) is 1.12. The number of halogens is 1. The van der Waals surface area contributed by atoms with Crippen molar-refractivity contribution in [1.82, 2.24) is 14.4 Å². The molecule has 2 heterocycles. The van der Waals surface area contributed by atoms with Crippen LogP contribution in [0.4, 0.5) is 5.69 Å². The summed E-state index contributed by atoms with van der Waals surface area (Å²) in [5.74, 6) is 0.438. The fourth-order valence-electron chi connectivity index (χ4n) is 3.86. The van der Waals surface area contributed by atoms with E-state index in [1.54, 1.807) is 31.2 Å². The van der Waals surface area contributed by atoms with Crippen LogP contribution in [-0.4, -0.2) is 48.5 Å². The number of carbonyl (C=O) groups is 1. The molecular weight excluding hydrogens is 480 g/mol. The molecule has 1 aliphatic rings. The smallest absolute Gasteiger partial charge is 0.244 e. The number of hydrogen-bond acceptors (Lipinski definition) is 7. The first-order chi connectivity index (χ1) is 16.3. The lowest BCUT2D eigenvalue weighted by Crippen LogP contribution is -2.43. The number of anilines is 1. The minimum Gasteiger partial charge on any atom is -0.492 e. The number of benzene rings is 2. The molecule has 0 spiro atoms. The highest BCUT2D eigenvalue weighted by Crippen LogP contribution is 2.32. The second-order valence-corrected chi connectivity index (χ2v) is 10.2. The maximum absolute atomic E-state index is 13.5. The van der Waals surface area contributed by atoms with Crippen LogP contribution >= 0.6 is 11.6 Å². The van der Waals surface area contributed by atoms with E-state index in [0.717, 1.165) is 0 Å². The van der Waals surface area contributed by atoms with Gasteiger partial charge in [0.1, 0.15) is 10.6 Å². The van der Waals surface area contributed by atoms with Gasteiger partial charge in [-0.2, -0.15) is 9.29 Å². The molecule has 1 saturated heterocycles. The van der Waals surface area contributed by atoms with E-state index in [2.05, 4.69) is 15.5 Å². The van der Waals surface area contributed by atoms with E-state index in [0.29, 0.717) is 48.9 Å². The number of para-hydroxylation sites is 2. The molecule has 0 aliphatic carbocycles. The van der Waals surface area contributed by atoms with Gasteiger partial charge < -0.3 is 14.6 Å². The maximum atomic E-state index is 13.5. The molecule has 4 rings (SSSR count). The van der Waals surface area contributed by atoms with Crippen LogP contribution < -0.4 is 10.1 Å². The third-order valence-corrected chi connectivity index (χ3v) is 7.88. The summed E-state index contributed by atoms with van der Waals surface area (Å²) >= 11 is 6.28. The van der Waals surface area contributed by atoms with Crippen LogP contribution in [0.15, 0.2) is 51.9 Å². The van der Waals surface area contributed by atoms with Crippen molar-refractivity contribution in [2.45, 2.75) is 31.6 Å². The van der Waals surface area contributed by atoms with Crippen LogP contribution in [0.25, 0.3) is 11.4 Å². The molecule has 1 N–H and O–H groups in total. The number of aromatic nitrogens is 2. The second kappa shape index (κ2) is 10.1. The van der Waals surface area contributed by atoms with E-state index in [4.69, 9.17) is 20.9 Å². The van der Waals surface area contributed by atoms with E-state index < -0.39 is 15.9 Å². The third kappa shape index (κ3) is 5.08. The highest BCUT2D eigenvalue weighted by atomic mass is 35.5. The molecule has 2 aromatic carbocycles. The predicted octanol–water partition coefficient (Wildman–Crippen LogP) is 4.14. The van der Waals surface area contributed by atoms with Gasteiger partial charge in [-0.25, -0.2) is 8.42 Å². The quantitative estimate of drug-likeness (QED) is 0.514. The molecule has 1 fully saturated rings. The Balaban J connectivity index is 1.54. The van der Waals surface area contributed by atoms with Gasteiger partial charge in [0.15, 0.2) is 0 Å². The van der Waals surface area contributed by atoms with Crippen LogP contribution in [0.3, 0.4) is 0 Å². The topological polar surface area (TPSA) is 115 Å². The van der Waals surface area contributed by atoms with E-state index in [-0.39, 0.29) is 28.2 Å². The molecule has 1 atom stereocenters. The molecule has 11 heteroatoms. The molecule has 1 unspecified atom stereocenters. The van der Waals surface area contributed by atoms with Crippen molar-refractivity contribution < 1.29 is 22.5 Å². The van der Waals surface area contributed by atoms with Crippen LogP contribution in [0.2, 0.25) is 5.02 Å². The molecule has 0 bridgehead atoms. The van der Waals surface area contributed by atoms with Gasteiger partial charge in [-0.3, -0.25) is 4.79 Å². The molecule has 0 radical (unpaired) electrons. The van der Waals surface area contributed by atoms with Crippen molar-refractivity contribution >= 4 is 33.2 Å². The van der Waals surface area contributed by atoms with Crippen LogP contribution in [0, 0.1) is 12.8 Å². The minimum atomic E-state index is -3.96. The first kappa shape index (κ1) is 24.2. The van der Waals surface area contributed by atoms with Crippen molar-refractivity contribution in [3.8, 4) is 17.1 Å². The van der Waals surface area contributed by atoms with Gasteiger partial charge in [0.2, 0.25) is 27.6 Å². The summed E-state index contributed by atoms with van der Waals surface area (Å²) in [7, 11) is -3.96. The summed E-state index contributed by atoms with van der Waals surface area (Å²) in [5.41, 5.74) is 1.03. The predicted molar refractivity (Wildman–Crippen MR) is 127 cm³/mol. The number of rotatable bonds is 7. The first-order valence-electron chi connectivity index (χ1n) is 10.9. The SMILES string of the molecule is CCOc1ccccc1NC(=O)C1CCCN(S(=O)(=O)c2cc(-c3noc(C)n3)ccc2Cl)C1. The normalized spacial score (nSPS) is 16.9. The van der Waals surface area contributed by atoms with Crippen molar-refractivity contribution in [3.63, 3.8) is 0 Å². The van der Waals surface area contributed by atoms with Gasteiger partial charge in [-0.05, 0) is 50.1 Å². The lowest BCUT2D eigenvalue weighted by atomic mass is 9.98. The number of carbonyl (C=O) groups excluding carboxylic acids is 1. The highest BCUT2D eigenvalue weighted by Gasteiger charge is 2.35. The van der Waals surface area contributed by atoms with E-state index >= 15 is 0 Å². The number of nitrogens with one attached hydrogen (secondary N) is 1. The number of hydrogen-bond donors (Lipinski definition) is 1. The number of aryl methyl sites for hydroxylation is 1. The molecule has 180 valence electrons. The van der Waals surface area contributed by atoms with Gasteiger partial charge in [0.25, 0.3) is 0 Å². The largest absolute Gasteiger partial charge is 0.492 e. The zero-order chi connectivity index (χ0) is 24.3. The van der Waals surface area contributed by atoms with Gasteiger partial charge >= 0.3 is 0 Å². The summed E-state index contributed by atoms with van der Waals surface area (Å²) in [6.45, 7) is 4.32. The van der Waals surface area contributed by atoms with Crippen molar-refractivity contribution in [2.75, 3.05) is 25.0 Å². The second-order valence-electron chi connectivity index (χ2n) is 7.90. The lowest BCUT2D eigenvalue weighted by Gasteiger charge is -2.31. The van der Waals surface area contributed by atoms with Gasteiger partial charge in [-0.15, -0.1) is 0 Å². The fourth-order valence-corrected chi connectivity index (χ4v) is 5.88. The Morgan fingerprint density at radius 3 is 2.82 bits per heavy atom. The molecule has 34 heavy (non-hydrogen) atoms. The number of nitrogens with zero attached hydrogens (tertiary/aromatic N) is 3. The Kier molecular flexibility index (Phi) is 7.20. The van der Waals surface area contributed by atoms with Crippen LogP contribution in [-0.2, 0) is 14.8 Å². The summed E-state index contributed by atoms with van der Waals surface area (Å²) < 4.78 is 38.8. The molecular formula is C23H25ClN4O5S. The molecule has 1 aliphatic heterocycles. The van der Waals surface area contributed by atoms with Crippen molar-refractivity contribution in [2.24, 2.45) is 5.92 Å². The van der Waals surface area contributed by atoms with Gasteiger partial charge in [0, 0.05) is 25.6 Å². The molecule has 1 aromatic heterocycles. The minimum absolute atomic E-state index is 0.0485. The Morgan fingerprint density at radius 2 is 2.09 bits per heavy atom. The summed E-state index contributed by atoms with van der Waals surface area (Å²) in [5, 5.41) is 6.81. The summed E-state index contributed by atoms with van der Waals surface area (Å²) in [6, 6.07) is 11.7. The number of sulfonamides is 1. The van der Waals surface area contributed by atoms with Gasteiger partial charge in [-0.1, -0.05) is 28.9 Å². The molecule has 9 nitrogen and oxygen atoms in total. The van der Waals surface area contributed by atoms with E-state index in [1.807, 2.05) is 13.0 Å². The molecule has 3 aromatic rings. The number of amides is 1. The number of ether oxygens (including phenoxy) is 1. The monoisotopic (exact) mass is 504 g/mol. The zero-order valence-corrected chi connectivity index (χ0v) is 20.4. The maximum Gasteiger partial charge on any atom is 0.244 e. The highest BCUT2D eigenvalue weighted by molar-refractivity contribution is 7.89. The zero-order valence-electron chi connectivity index (χ0n) is 18.8. The van der Waals surface area contributed by atoms with E-state index in [9.17, 15) is 13.2 Å². The fraction of sp³-hybridized carbons (Fsp3) is 0.348. The van der Waals surface area contributed by atoms with Gasteiger partial charge in [0.05, 0.1) is 23.2 Å². The average Bonchev–Trinajstić information content (AvgIpc) is 3.27. The van der Waals surface area contributed by atoms with Crippen LogP contribution in [0.5, 0.6) is 5.75 Å². The molecule has 0 saturated carbocycles. The van der Waals surface area contributed by atoms with E-state index in [1.165, 1.54) is 16.4 Å². The first-order valence-corrected chi connectivity index (χ1v) is 12.7. The standard InChI is InChI=1S/C23H25ClN4O5S/c1-3-32-20-9-5-4-8-19(20)26-23(29)17-7-6-12-28(14-17)34(30,31)21-13-16(10-11-18(21)24)22-25-15(2)33-27-22/h4-5,8-11,13,17H,3,6-7,12,14H2,1-2H3,(H,26,29). The average molecular weight is 505 g/mol. The molecule has 1 amide bonds.